The minimum Gasteiger partial charge on any atom is -0.496 e. The van der Waals surface area contributed by atoms with Crippen molar-refractivity contribution in [1.29, 1.82) is 0 Å². The Bertz CT molecular complexity index is 457. The smallest absolute Gasteiger partial charge is 0.248 e. The highest BCUT2D eigenvalue weighted by molar-refractivity contribution is 5.77. The summed E-state index contributed by atoms with van der Waals surface area (Å²) in [4.78, 5) is 13.6. The van der Waals surface area contributed by atoms with Crippen LogP contribution in [0, 0.1) is 0 Å². The summed E-state index contributed by atoms with van der Waals surface area (Å²) in [5.74, 6) is 0.999. The summed E-state index contributed by atoms with van der Waals surface area (Å²) >= 11 is 0. The van der Waals surface area contributed by atoms with Crippen molar-refractivity contribution in [2.45, 2.75) is 25.4 Å². The number of methoxy groups -OCH3 is 2. The Morgan fingerprint density at radius 1 is 1.29 bits per heavy atom. The fraction of sp³-hybridized carbons (Fsp3) is 0.562. The molecular formula is C16H24N2O3. The number of nitrogens with one attached hydrogen (secondary N) is 1. The van der Waals surface area contributed by atoms with Gasteiger partial charge in [0.05, 0.1) is 7.11 Å². The largest absolute Gasteiger partial charge is 0.496 e. The second-order valence-electron chi connectivity index (χ2n) is 5.28. The molecule has 0 saturated carbocycles. The number of rotatable bonds is 6. The standard InChI is InChI=1S/C16H24N2O3/c1-20-12-16(19)18-9-7-14(8-10-18)17-11-13-5-3-4-6-15(13)21-2/h3-6,14,17H,7-12H2,1-2H3. The Labute approximate surface area is 126 Å². The molecule has 1 aliphatic rings. The number of nitrogens with zero attached hydrogens (tertiary/aromatic N) is 1. The van der Waals surface area contributed by atoms with E-state index in [1.807, 2.05) is 23.1 Å². The van der Waals surface area contributed by atoms with Crippen LogP contribution >= 0.6 is 0 Å². The van der Waals surface area contributed by atoms with Gasteiger partial charge in [0.1, 0.15) is 12.4 Å². The van der Waals surface area contributed by atoms with E-state index in [1.165, 1.54) is 0 Å². The molecule has 1 aromatic carbocycles. The van der Waals surface area contributed by atoms with Crippen LogP contribution in [0.2, 0.25) is 0 Å². The van der Waals surface area contributed by atoms with E-state index in [1.54, 1.807) is 14.2 Å². The fourth-order valence-electron chi connectivity index (χ4n) is 2.65. The molecule has 1 aromatic rings. The molecule has 0 aliphatic carbocycles. The molecule has 0 bridgehead atoms. The predicted octanol–water partition coefficient (Wildman–Crippen LogP) is 1.42. The molecule has 116 valence electrons. The summed E-state index contributed by atoms with van der Waals surface area (Å²) in [5, 5.41) is 3.55. The topological polar surface area (TPSA) is 50.8 Å². The zero-order chi connectivity index (χ0) is 15.1. The first kappa shape index (κ1) is 15.8. The molecule has 1 fully saturated rings. The lowest BCUT2D eigenvalue weighted by molar-refractivity contribution is -0.136. The van der Waals surface area contributed by atoms with Crippen LogP contribution in [0.25, 0.3) is 0 Å². The molecule has 0 unspecified atom stereocenters. The van der Waals surface area contributed by atoms with Gasteiger partial charge in [-0.3, -0.25) is 4.79 Å². The number of para-hydroxylation sites is 1. The molecule has 0 radical (unpaired) electrons. The Morgan fingerprint density at radius 2 is 2.00 bits per heavy atom. The number of amides is 1. The van der Waals surface area contributed by atoms with Gasteiger partial charge in [0.15, 0.2) is 0 Å². The first-order chi connectivity index (χ1) is 10.2. The van der Waals surface area contributed by atoms with Crippen LogP contribution in [0.3, 0.4) is 0 Å². The lowest BCUT2D eigenvalue weighted by Crippen LogP contribution is -2.45. The molecule has 5 heteroatoms. The van der Waals surface area contributed by atoms with Gasteiger partial charge in [-0.15, -0.1) is 0 Å². The van der Waals surface area contributed by atoms with Gasteiger partial charge < -0.3 is 19.7 Å². The summed E-state index contributed by atoms with van der Waals surface area (Å²) in [5.41, 5.74) is 1.16. The van der Waals surface area contributed by atoms with Crippen molar-refractivity contribution < 1.29 is 14.3 Å². The van der Waals surface area contributed by atoms with E-state index in [0.717, 1.165) is 43.8 Å². The van der Waals surface area contributed by atoms with E-state index < -0.39 is 0 Å². The summed E-state index contributed by atoms with van der Waals surface area (Å²) in [6.07, 6.45) is 1.95. The molecule has 1 amide bonds. The van der Waals surface area contributed by atoms with Crippen molar-refractivity contribution in [2.24, 2.45) is 0 Å². The fourth-order valence-corrected chi connectivity index (χ4v) is 2.65. The highest BCUT2D eigenvalue weighted by atomic mass is 16.5. The quantitative estimate of drug-likeness (QED) is 0.861. The summed E-state index contributed by atoms with van der Waals surface area (Å²) in [7, 11) is 3.25. The Balaban J connectivity index is 1.77. The third-order valence-corrected chi connectivity index (χ3v) is 3.89. The number of benzene rings is 1. The van der Waals surface area contributed by atoms with Crippen molar-refractivity contribution >= 4 is 5.91 Å². The first-order valence-corrected chi connectivity index (χ1v) is 7.36. The van der Waals surface area contributed by atoms with Crippen LogP contribution in [-0.4, -0.2) is 50.8 Å². The van der Waals surface area contributed by atoms with Crippen molar-refractivity contribution in [1.82, 2.24) is 10.2 Å². The van der Waals surface area contributed by atoms with Gasteiger partial charge in [0, 0.05) is 38.3 Å². The van der Waals surface area contributed by atoms with Crippen LogP contribution in [0.15, 0.2) is 24.3 Å². The molecule has 1 saturated heterocycles. The number of hydrogen-bond donors (Lipinski definition) is 1. The summed E-state index contributed by atoms with van der Waals surface area (Å²) in [6.45, 7) is 2.57. The van der Waals surface area contributed by atoms with Crippen molar-refractivity contribution in [3.63, 3.8) is 0 Å². The number of ether oxygens (including phenoxy) is 2. The number of carbonyl (C=O) groups is 1. The number of hydrogen-bond acceptors (Lipinski definition) is 4. The molecule has 1 N–H and O–H groups in total. The van der Waals surface area contributed by atoms with Gasteiger partial charge in [-0.2, -0.15) is 0 Å². The zero-order valence-corrected chi connectivity index (χ0v) is 12.8. The van der Waals surface area contributed by atoms with Gasteiger partial charge in [-0.25, -0.2) is 0 Å². The van der Waals surface area contributed by atoms with Crippen LogP contribution in [0.1, 0.15) is 18.4 Å². The van der Waals surface area contributed by atoms with Crippen LogP contribution in [0.5, 0.6) is 5.75 Å². The number of likely N-dealkylation sites (tertiary alicyclic amines) is 1. The normalized spacial score (nSPS) is 16.0. The minimum absolute atomic E-state index is 0.0840. The molecule has 5 nitrogen and oxygen atoms in total. The minimum atomic E-state index is 0.0840. The Kier molecular flexibility index (Phi) is 6.02. The van der Waals surface area contributed by atoms with Gasteiger partial charge in [-0.05, 0) is 18.9 Å². The van der Waals surface area contributed by atoms with E-state index in [9.17, 15) is 4.79 Å². The Hall–Kier alpha value is -1.59. The maximum atomic E-state index is 11.7. The van der Waals surface area contributed by atoms with E-state index in [4.69, 9.17) is 9.47 Å². The van der Waals surface area contributed by atoms with Crippen LogP contribution in [-0.2, 0) is 16.1 Å². The van der Waals surface area contributed by atoms with Crippen LogP contribution in [0.4, 0.5) is 0 Å². The third kappa shape index (κ3) is 4.44. The average Bonchev–Trinajstić information content (AvgIpc) is 2.54. The van der Waals surface area contributed by atoms with Crippen molar-refractivity contribution in [2.75, 3.05) is 33.9 Å². The zero-order valence-electron chi connectivity index (χ0n) is 12.8. The van der Waals surface area contributed by atoms with E-state index in [-0.39, 0.29) is 12.5 Å². The highest BCUT2D eigenvalue weighted by Gasteiger charge is 2.22. The molecule has 0 aromatic heterocycles. The lowest BCUT2D eigenvalue weighted by atomic mass is 10.0. The van der Waals surface area contributed by atoms with Gasteiger partial charge in [0.2, 0.25) is 5.91 Å². The summed E-state index contributed by atoms with van der Waals surface area (Å²) < 4.78 is 10.2. The molecule has 0 atom stereocenters. The van der Waals surface area contributed by atoms with Crippen molar-refractivity contribution in [3.8, 4) is 5.75 Å². The number of carbonyl (C=O) groups excluding carboxylic acids is 1. The van der Waals surface area contributed by atoms with Crippen LogP contribution < -0.4 is 10.1 Å². The SMILES string of the molecule is COCC(=O)N1CCC(NCc2ccccc2OC)CC1. The molecule has 1 heterocycles. The molecule has 1 aliphatic heterocycles. The number of piperidine rings is 1. The van der Waals surface area contributed by atoms with Gasteiger partial charge in [0.25, 0.3) is 0 Å². The second kappa shape index (κ2) is 8.00. The van der Waals surface area contributed by atoms with E-state index in [2.05, 4.69) is 11.4 Å². The molecule has 0 spiro atoms. The molecule has 2 rings (SSSR count). The van der Waals surface area contributed by atoms with E-state index >= 15 is 0 Å². The second-order valence-corrected chi connectivity index (χ2v) is 5.28. The first-order valence-electron chi connectivity index (χ1n) is 7.36. The molecule has 21 heavy (non-hydrogen) atoms. The lowest BCUT2D eigenvalue weighted by Gasteiger charge is -2.32. The third-order valence-electron chi connectivity index (χ3n) is 3.89. The van der Waals surface area contributed by atoms with E-state index in [0.29, 0.717) is 6.04 Å². The van der Waals surface area contributed by atoms with Gasteiger partial charge in [-0.1, -0.05) is 18.2 Å². The Morgan fingerprint density at radius 3 is 2.67 bits per heavy atom. The predicted molar refractivity (Wildman–Crippen MR) is 81.3 cm³/mol. The monoisotopic (exact) mass is 292 g/mol. The molecular weight excluding hydrogens is 268 g/mol. The summed E-state index contributed by atoms with van der Waals surface area (Å²) in [6, 6.07) is 8.49. The van der Waals surface area contributed by atoms with Crippen molar-refractivity contribution in [3.05, 3.63) is 29.8 Å². The maximum absolute atomic E-state index is 11.7. The average molecular weight is 292 g/mol. The maximum Gasteiger partial charge on any atom is 0.248 e. The highest BCUT2D eigenvalue weighted by Crippen LogP contribution is 2.18. The van der Waals surface area contributed by atoms with Gasteiger partial charge >= 0.3 is 0 Å².